The maximum Gasteiger partial charge on any atom is 0.241 e. The predicted octanol–water partition coefficient (Wildman–Crippen LogP) is 1.93. The molecule has 0 aliphatic rings. The van der Waals surface area contributed by atoms with Crippen molar-refractivity contribution in [2.24, 2.45) is 5.73 Å². The highest BCUT2D eigenvalue weighted by molar-refractivity contribution is 6.30. The third kappa shape index (κ3) is 2.72. The summed E-state index contributed by atoms with van der Waals surface area (Å²) in [5, 5.41) is 3.37. The topological polar surface area (TPSA) is 55.1 Å². The number of nitrogens with two attached hydrogens (primary N) is 1. The fourth-order valence-corrected chi connectivity index (χ4v) is 1.24. The van der Waals surface area contributed by atoms with Gasteiger partial charge in [0.15, 0.2) is 0 Å². The summed E-state index contributed by atoms with van der Waals surface area (Å²) in [4.78, 5) is 11.3. The Bertz CT molecular complexity index is 350. The number of carbonyl (C=O) groups excluding carboxylic acids is 1. The molecule has 76 valence electrons. The van der Waals surface area contributed by atoms with Crippen LogP contribution in [0.1, 0.15) is 12.5 Å². The van der Waals surface area contributed by atoms with Crippen LogP contribution in [-0.2, 0) is 4.79 Å². The van der Waals surface area contributed by atoms with Crippen LogP contribution in [-0.4, -0.2) is 11.9 Å². The lowest BCUT2D eigenvalue weighted by Gasteiger charge is -2.10. The van der Waals surface area contributed by atoms with Crippen molar-refractivity contribution in [1.29, 1.82) is 0 Å². The normalized spacial score (nSPS) is 12.3. The van der Waals surface area contributed by atoms with E-state index in [0.717, 1.165) is 11.3 Å². The molecule has 3 nitrogen and oxygen atoms in total. The fraction of sp³-hybridized carbons (Fsp3) is 0.300. The van der Waals surface area contributed by atoms with Crippen LogP contribution < -0.4 is 11.1 Å². The molecular formula is C10H13ClN2O. The number of benzene rings is 1. The molecule has 1 amide bonds. The Morgan fingerprint density at radius 1 is 1.57 bits per heavy atom. The molecule has 4 heteroatoms. The van der Waals surface area contributed by atoms with E-state index in [0.29, 0.717) is 5.02 Å². The van der Waals surface area contributed by atoms with E-state index in [1.54, 1.807) is 25.1 Å². The molecular weight excluding hydrogens is 200 g/mol. The molecule has 0 aliphatic carbocycles. The van der Waals surface area contributed by atoms with Crippen LogP contribution in [0.2, 0.25) is 5.02 Å². The third-order valence-corrected chi connectivity index (χ3v) is 2.09. The van der Waals surface area contributed by atoms with Crippen LogP contribution >= 0.6 is 11.6 Å². The standard InChI is InChI=1S/C10H13ClN2O/c1-6-5-8(11)3-4-9(6)13-10(14)7(2)12/h3-5,7H,12H2,1-2H3,(H,13,14)/t7-/m0/s1. The molecule has 0 saturated carbocycles. The molecule has 0 aliphatic heterocycles. The predicted molar refractivity (Wildman–Crippen MR) is 58.5 cm³/mol. The lowest BCUT2D eigenvalue weighted by atomic mass is 10.2. The quantitative estimate of drug-likeness (QED) is 0.787. The Kier molecular flexibility index (Phi) is 3.49. The van der Waals surface area contributed by atoms with Gasteiger partial charge in [0.25, 0.3) is 0 Å². The molecule has 0 saturated heterocycles. The first-order valence-electron chi connectivity index (χ1n) is 4.33. The van der Waals surface area contributed by atoms with Crippen molar-refractivity contribution in [3.63, 3.8) is 0 Å². The van der Waals surface area contributed by atoms with Gasteiger partial charge in [-0.15, -0.1) is 0 Å². The van der Waals surface area contributed by atoms with Gasteiger partial charge < -0.3 is 11.1 Å². The molecule has 0 unspecified atom stereocenters. The molecule has 0 spiro atoms. The van der Waals surface area contributed by atoms with Crippen molar-refractivity contribution < 1.29 is 4.79 Å². The minimum absolute atomic E-state index is 0.199. The lowest BCUT2D eigenvalue weighted by Crippen LogP contribution is -2.32. The summed E-state index contributed by atoms with van der Waals surface area (Å²) in [6.07, 6.45) is 0. The monoisotopic (exact) mass is 212 g/mol. The minimum atomic E-state index is -0.509. The summed E-state index contributed by atoms with van der Waals surface area (Å²) in [5.41, 5.74) is 7.10. The zero-order valence-corrected chi connectivity index (χ0v) is 8.93. The Hall–Kier alpha value is -1.06. The summed E-state index contributed by atoms with van der Waals surface area (Å²) >= 11 is 5.78. The molecule has 1 aromatic carbocycles. The molecule has 1 aromatic rings. The average molecular weight is 213 g/mol. The van der Waals surface area contributed by atoms with Gasteiger partial charge in [0.2, 0.25) is 5.91 Å². The summed E-state index contributed by atoms with van der Waals surface area (Å²) in [5.74, 6) is -0.199. The van der Waals surface area contributed by atoms with Gasteiger partial charge in [0.05, 0.1) is 6.04 Å². The number of aryl methyl sites for hydroxylation is 1. The number of carbonyl (C=O) groups is 1. The summed E-state index contributed by atoms with van der Waals surface area (Å²) in [7, 11) is 0. The highest BCUT2D eigenvalue weighted by atomic mass is 35.5. The average Bonchev–Trinajstić information content (AvgIpc) is 2.09. The highest BCUT2D eigenvalue weighted by Gasteiger charge is 2.08. The van der Waals surface area contributed by atoms with Crippen LogP contribution in [0.25, 0.3) is 0 Å². The van der Waals surface area contributed by atoms with E-state index in [9.17, 15) is 4.79 Å². The number of anilines is 1. The Morgan fingerprint density at radius 2 is 2.21 bits per heavy atom. The van der Waals surface area contributed by atoms with E-state index < -0.39 is 6.04 Å². The first-order chi connectivity index (χ1) is 6.50. The number of nitrogens with one attached hydrogen (secondary N) is 1. The molecule has 0 radical (unpaired) electrons. The number of rotatable bonds is 2. The Labute approximate surface area is 88.2 Å². The second-order valence-corrected chi connectivity index (χ2v) is 3.67. The molecule has 0 aromatic heterocycles. The first kappa shape index (κ1) is 11.0. The summed E-state index contributed by atoms with van der Waals surface area (Å²) < 4.78 is 0. The van der Waals surface area contributed by atoms with Crippen molar-refractivity contribution in [3.05, 3.63) is 28.8 Å². The van der Waals surface area contributed by atoms with E-state index in [1.807, 2.05) is 6.92 Å². The molecule has 0 bridgehead atoms. The summed E-state index contributed by atoms with van der Waals surface area (Å²) in [6, 6.07) is 4.77. The smallest absolute Gasteiger partial charge is 0.241 e. The zero-order chi connectivity index (χ0) is 10.7. The second-order valence-electron chi connectivity index (χ2n) is 3.24. The largest absolute Gasteiger partial charge is 0.325 e. The molecule has 3 N–H and O–H groups in total. The molecule has 14 heavy (non-hydrogen) atoms. The second kappa shape index (κ2) is 4.44. The van der Waals surface area contributed by atoms with Gasteiger partial charge >= 0.3 is 0 Å². The van der Waals surface area contributed by atoms with Gasteiger partial charge in [-0.25, -0.2) is 0 Å². The van der Waals surface area contributed by atoms with Gasteiger partial charge in [0, 0.05) is 10.7 Å². The van der Waals surface area contributed by atoms with E-state index in [2.05, 4.69) is 5.32 Å². The van der Waals surface area contributed by atoms with Gasteiger partial charge in [-0.05, 0) is 37.6 Å². The Morgan fingerprint density at radius 3 is 2.71 bits per heavy atom. The molecule has 0 heterocycles. The van der Waals surface area contributed by atoms with Crippen molar-refractivity contribution in [2.45, 2.75) is 19.9 Å². The van der Waals surface area contributed by atoms with Gasteiger partial charge in [-0.2, -0.15) is 0 Å². The van der Waals surface area contributed by atoms with Crippen molar-refractivity contribution in [1.82, 2.24) is 0 Å². The number of hydrogen-bond donors (Lipinski definition) is 2. The van der Waals surface area contributed by atoms with E-state index in [-0.39, 0.29) is 5.91 Å². The summed E-state index contributed by atoms with van der Waals surface area (Å²) in [6.45, 7) is 3.52. The first-order valence-corrected chi connectivity index (χ1v) is 4.71. The molecule has 1 atom stereocenters. The van der Waals surface area contributed by atoms with Crippen molar-refractivity contribution in [3.8, 4) is 0 Å². The maximum absolute atomic E-state index is 11.3. The highest BCUT2D eigenvalue weighted by Crippen LogP contribution is 2.19. The van der Waals surface area contributed by atoms with E-state index >= 15 is 0 Å². The van der Waals surface area contributed by atoms with Crippen LogP contribution in [0.4, 0.5) is 5.69 Å². The maximum atomic E-state index is 11.3. The molecule has 1 rings (SSSR count). The van der Waals surface area contributed by atoms with E-state index in [1.165, 1.54) is 0 Å². The number of amides is 1. The van der Waals surface area contributed by atoms with Gasteiger partial charge in [0.1, 0.15) is 0 Å². The van der Waals surface area contributed by atoms with Gasteiger partial charge in [-0.1, -0.05) is 11.6 Å². The number of hydrogen-bond acceptors (Lipinski definition) is 2. The van der Waals surface area contributed by atoms with Crippen LogP contribution in [0.15, 0.2) is 18.2 Å². The SMILES string of the molecule is Cc1cc(Cl)ccc1NC(=O)[C@H](C)N. The van der Waals surface area contributed by atoms with Crippen molar-refractivity contribution in [2.75, 3.05) is 5.32 Å². The van der Waals surface area contributed by atoms with Crippen molar-refractivity contribution >= 4 is 23.2 Å². The van der Waals surface area contributed by atoms with Crippen LogP contribution in [0.5, 0.6) is 0 Å². The zero-order valence-electron chi connectivity index (χ0n) is 8.17. The van der Waals surface area contributed by atoms with Gasteiger partial charge in [-0.3, -0.25) is 4.79 Å². The Balaban J connectivity index is 2.82. The van der Waals surface area contributed by atoms with Crippen LogP contribution in [0, 0.1) is 6.92 Å². The van der Waals surface area contributed by atoms with Crippen LogP contribution in [0.3, 0.4) is 0 Å². The number of halogens is 1. The fourth-order valence-electron chi connectivity index (χ4n) is 1.01. The van der Waals surface area contributed by atoms with E-state index in [4.69, 9.17) is 17.3 Å². The lowest BCUT2D eigenvalue weighted by molar-refractivity contribution is -0.117. The molecule has 0 fully saturated rings. The minimum Gasteiger partial charge on any atom is -0.325 e. The third-order valence-electron chi connectivity index (χ3n) is 1.86.